The molecule has 0 amide bonds. The molecular weight excluding hydrogens is 230 g/mol. The van der Waals surface area contributed by atoms with E-state index in [0.717, 1.165) is 38.1 Å². The van der Waals surface area contributed by atoms with Gasteiger partial charge in [0.2, 0.25) is 0 Å². The number of rotatable bonds is 6. The largest absolute Gasteiger partial charge is 0.374 e. The molecule has 6 heteroatoms. The Morgan fingerprint density at radius 1 is 1.61 bits per heavy atom. The topological polar surface area (TPSA) is 78.0 Å². The molecule has 3 unspecified atom stereocenters. The van der Waals surface area contributed by atoms with Crippen LogP contribution in [0, 0.1) is 0 Å². The highest BCUT2D eigenvalue weighted by Crippen LogP contribution is 2.22. The predicted octanol–water partition coefficient (Wildman–Crippen LogP) is 0.630. The van der Waals surface area contributed by atoms with Gasteiger partial charge in [0.25, 0.3) is 0 Å². The van der Waals surface area contributed by atoms with Crippen LogP contribution < -0.4 is 11.3 Å². The summed E-state index contributed by atoms with van der Waals surface area (Å²) in [5, 5.41) is 4.23. The molecule has 2 rings (SSSR count). The van der Waals surface area contributed by atoms with Gasteiger partial charge in [-0.05, 0) is 26.2 Å². The van der Waals surface area contributed by atoms with Gasteiger partial charge in [0.15, 0.2) is 0 Å². The fourth-order valence-corrected chi connectivity index (χ4v) is 2.47. The lowest BCUT2D eigenvalue weighted by Gasteiger charge is -2.22. The highest BCUT2D eigenvalue weighted by molar-refractivity contribution is 4.93. The number of hydrogen-bond acceptors (Lipinski definition) is 5. The third-order valence-corrected chi connectivity index (χ3v) is 3.46. The van der Waals surface area contributed by atoms with Crippen molar-refractivity contribution in [1.29, 1.82) is 0 Å². The van der Waals surface area contributed by atoms with Crippen molar-refractivity contribution in [1.82, 2.24) is 20.2 Å². The van der Waals surface area contributed by atoms with Gasteiger partial charge in [-0.2, -0.15) is 5.10 Å². The first kappa shape index (κ1) is 13.5. The maximum absolute atomic E-state index is 5.86. The van der Waals surface area contributed by atoms with Gasteiger partial charge in [-0.25, -0.2) is 4.98 Å². The zero-order valence-electron chi connectivity index (χ0n) is 11.2. The fourth-order valence-electron chi connectivity index (χ4n) is 2.47. The lowest BCUT2D eigenvalue weighted by atomic mass is 10.0. The van der Waals surface area contributed by atoms with E-state index in [1.54, 1.807) is 6.33 Å². The number of nitrogens with two attached hydrogens (primary N) is 1. The molecule has 0 saturated carbocycles. The van der Waals surface area contributed by atoms with Gasteiger partial charge in [-0.15, -0.1) is 0 Å². The second kappa shape index (κ2) is 6.26. The molecule has 1 aliphatic rings. The van der Waals surface area contributed by atoms with Gasteiger partial charge in [-0.3, -0.25) is 16.0 Å². The van der Waals surface area contributed by atoms with Crippen molar-refractivity contribution >= 4 is 0 Å². The quantitative estimate of drug-likeness (QED) is 0.574. The van der Waals surface area contributed by atoms with Gasteiger partial charge in [0.05, 0.1) is 18.2 Å². The van der Waals surface area contributed by atoms with E-state index in [-0.39, 0.29) is 12.1 Å². The summed E-state index contributed by atoms with van der Waals surface area (Å²) in [5.74, 6) is 6.63. The Morgan fingerprint density at radius 2 is 2.44 bits per heavy atom. The number of aromatic nitrogens is 3. The third-order valence-electron chi connectivity index (χ3n) is 3.46. The van der Waals surface area contributed by atoms with E-state index < -0.39 is 0 Å². The minimum atomic E-state index is 0.106. The van der Waals surface area contributed by atoms with Crippen LogP contribution >= 0.6 is 0 Å². The minimum Gasteiger partial charge on any atom is -0.374 e. The smallest absolute Gasteiger partial charge is 0.138 e. The van der Waals surface area contributed by atoms with Crippen molar-refractivity contribution in [3.63, 3.8) is 0 Å². The maximum Gasteiger partial charge on any atom is 0.138 e. The van der Waals surface area contributed by atoms with Gasteiger partial charge < -0.3 is 4.74 Å². The average molecular weight is 253 g/mol. The molecule has 0 radical (unpaired) electrons. The van der Waals surface area contributed by atoms with E-state index in [0.29, 0.717) is 6.10 Å². The Balaban J connectivity index is 1.99. The van der Waals surface area contributed by atoms with Crippen LogP contribution in [0.25, 0.3) is 0 Å². The molecule has 1 saturated heterocycles. The summed E-state index contributed by atoms with van der Waals surface area (Å²) < 4.78 is 7.81. The van der Waals surface area contributed by atoms with Crippen LogP contribution in [0.5, 0.6) is 0 Å². The Hall–Kier alpha value is -0.980. The first-order valence-electron chi connectivity index (χ1n) is 6.72. The first-order valence-corrected chi connectivity index (χ1v) is 6.72. The highest BCUT2D eigenvalue weighted by atomic mass is 16.5. The number of ether oxygens (including phenoxy) is 1. The van der Waals surface area contributed by atoms with Crippen molar-refractivity contribution in [3.05, 3.63) is 12.2 Å². The van der Waals surface area contributed by atoms with Gasteiger partial charge >= 0.3 is 0 Å². The summed E-state index contributed by atoms with van der Waals surface area (Å²) in [6.45, 7) is 5.13. The van der Waals surface area contributed by atoms with Crippen LogP contribution in [0.2, 0.25) is 0 Å². The van der Waals surface area contributed by atoms with Crippen molar-refractivity contribution in [2.75, 3.05) is 0 Å². The first-order chi connectivity index (χ1) is 8.74. The van der Waals surface area contributed by atoms with Crippen LogP contribution in [0.15, 0.2) is 6.33 Å². The second-order valence-electron chi connectivity index (χ2n) is 4.94. The number of nitrogens with zero attached hydrogens (tertiary/aromatic N) is 3. The lowest BCUT2D eigenvalue weighted by Crippen LogP contribution is -2.46. The van der Waals surface area contributed by atoms with Crippen LogP contribution in [-0.4, -0.2) is 33.0 Å². The average Bonchev–Trinajstić information content (AvgIpc) is 2.96. The molecule has 3 atom stereocenters. The van der Waals surface area contributed by atoms with E-state index >= 15 is 0 Å². The van der Waals surface area contributed by atoms with E-state index in [1.807, 2.05) is 4.68 Å². The fraction of sp³-hybridized carbons (Fsp3) is 0.833. The Kier molecular flexibility index (Phi) is 4.68. The van der Waals surface area contributed by atoms with E-state index in [4.69, 9.17) is 10.6 Å². The van der Waals surface area contributed by atoms with Crippen LogP contribution in [0.1, 0.15) is 38.9 Å². The number of hydrogen-bond donors (Lipinski definition) is 2. The van der Waals surface area contributed by atoms with Gasteiger partial charge in [0, 0.05) is 13.0 Å². The Morgan fingerprint density at radius 3 is 3.06 bits per heavy atom. The molecule has 0 spiro atoms. The molecular formula is C12H23N5O. The zero-order valence-corrected chi connectivity index (χ0v) is 11.2. The minimum absolute atomic E-state index is 0.106. The molecule has 0 bridgehead atoms. The van der Waals surface area contributed by atoms with Crippen molar-refractivity contribution in [2.24, 2.45) is 5.84 Å². The van der Waals surface area contributed by atoms with Crippen molar-refractivity contribution < 1.29 is 4.74 Å². The third kappa shape index (κ3) is 3.07. The van der Waals surface area contributed by atoms with Crippen molar-refractivity contribution in [3.8, 4) is 0 Å². The molecule has 102 valence electrons. The van der Waals surface area contributed by atoms with Crippen LogP contribution in [-0.2, 0) is 17.7 Å². The van der Waals surface area contributed by atoms with E-state index in [2.05, 4.69) is 29.4 Å². The molecule has 1 fully saturated rings. The van der Waals surface area contributed by atoms with Crippen LogP contribution in [0.4, 0.5) is 0 Å². The Bertz CT molecular complexity index is 367. The maximum atomic E-state index is 5.86. The summed E-state index contributed by atoms with van der Waals surface area (Å²) >= 11 is 0. The number of nitrogens with one attached hydrogen (secondary N) is 1. The molecule has 1 aromatic heterocycles. The molecule has 1 aromatic rings. The summed E-state index contributed by atoms with van der Waals surface area (Å²) in [6, 6.07) is 0.106. The van der Waals surface area contributed by atoms with E-state index in [9.17, 15) is 0 Å². The molecule has 1 aliphatic heterocycles. The van der Waals surface area contributed by atoms with E-state index in [1.165, 1.54) is 0 Å². The predicted molar refractivity (Wildman–Crippen MR) is 68.7 cm³/mol. The Labute approximate surface area is 108 Å². The van der Waals surface area contributed by atoms with Gasteiger partial charge in [-0.1, -0.05) is 6.92 Å². The highest BCUT2D eigenvalue weighted by Gasteiger charge is 2.30. The normalized spacial score (nSPS) is 25.5. The molecule has 0 aromatic carbocycles. The molecule has 3 N–H and O–H groups in total. The molecule has 0 aliphatic carbocycles. The van der Waals surface area contributed by atoms with Crippen molar-refractivity contribution in [2.45, 2.75) is 64.3 Å². The zero-order chi connectivity index (χ0) is 13.0. The summed E-state index contributed by atoms with van der Waals surface area (Å²) in [6.07, 6.45) is 6.08. The number of hydrazine groups is 1. The monoisotopic (exact) mass is 253 g/mol. The van der Waals surface area contributed by atoms with Crippen LogP contribution in [0.3, 0.4) is 0 Å². The molecule has 18 heavy (non-hydrogen) atoms. The molecule has 6 nitrogen and oxygen atoms in total. The standard InChI is InChI=1S/C12H23N5O/c1-3-6-17-12(14-8-15-17)7-10(16-13)11-5-4-9(2)18-11/h8-11,16H,3-7,13H2,1-2H3. The summed E-state index contributed by atoms with van der Waals surface area (Å²) in [5.41, 5.74) is 2.87. The number of aryl methyl sites for hydroxylation is 1. The van der Waals surface area contributed by atoms with Gasteiger partial charge in [0.1, 0.15) is 12.2 Å². The second-order valence-corrected chi connectivity index (χ2v) is 4.94. The molecule has 2 heterocycles. The lowest BCUT2D eigenvalue weighted by molar-refractivity contribution is 0.0314. The SMILES string of the molecule is CCCn1ncnc1CC(NN)C1CCC(C)O1. The summed E-state index contributed by atoms with van der Waals surface area (Å²) in [7, 11) is 0. The summed E-state index contributed by atoms with van der Waals surface area (Å²) in [4.78, 5) is 4.31.